The van der Waals surface area contributed by atoms with Crippen molar-refractivity contribution in [2.24, 2.45) is 0 Å². The molecule has 0 aliphatic carbocycles. The summed E-state index contributed by atoms with van der Waals surface area (Å²) in [6.45, 7) is 1.90. The number of ether oxygens (including phenoxy) is 2. The topological polar surface area (TPSA) is 51.3 Å². The molecule has 0 radical (unpaired) electrons. The van der Waals surface area contributed by atoms with Gasteiger partial charge in [-0.1, -0.05) is 0 Å². The summed E-state index contributed by atoms with van der Waals surface area (Å²) in [4.78, 5) is 14.8. The maximum absolute atomic E-state index is 11.8. The van der Waals surface area contributed by atoms with Crippen LogP contribution in [-0.4, -0.2) is 19.2 Å². The third-order valence-corrected chi connectivity index (χ3v) is 2.54. The lowest BCUT2D eigenvalue weighted by Gasteiger charge is -2.07. The number of aromatic nitrogens is 1. The van der Waals surface area contributed by atoms with Crippen molar-refractivity contribution >= 4 is 10.9 Å². The normalized spacial score (nSPS) is 10.4. The van der Waals surface area contributed by atoms with E-state index in [1.165, 1.54) is 13.2 Å². The van der Waals surface area contributed by atoms with Crippen LogP contribution in [0.2, 0.25) is 0 Å². The van der Waals surface area contributed by atoms with E-state index in [2.05, 4.69) is 4.98 Å². The third kappa shape index (κ3) is 1.62. The maximum atomic E-state index is 11.8. The van der Waals surface area contributed by atoms with E-state index >= 15 is 0 Å². The fourth-order valence-electron chi connectivity index (χ4n) is 1.69. The van der Waals surface area contributed by atoms with E-state index in [9.17, 15) is 4.79 Å². The van der Waals surface area contributed by atoms with Crippen LogP contribution in [0.15, 0.2) is 23.0 Å². The first-order valence-electron chi connectivity index (χ1n) is 4.91. The van der Waals surface area contributed by atoms with Gasteiger partial charge in [0.05, 0.1) is 19.7 Å². The highest BCUT2D eigenvalue weighted by atomic mass is 16.5. The molecule has 0 atom stereocenters. The van der Waals surface area contributed by atoms with Crippen LogP contribution in [0.3, 0.4) is 0 Å². The van der Waals surface area contributed by atoms with Gasteiger partial charge < -0.3 is 14.5 Å². The van der Waals surface area contributed by atoms with Gasteiger partial charge in [0, 0.05) is 17.5 Å². The summed E-state index contributed by atoms with van der Waals surface area (Å²) in [6.07, 6.45) is 0. The van der Waals surface area contributed by atoms with Crippen molar-refractivity contribution in [2.75, 3.05) is 14.2 Å². The number of aryl methyl sites for hydroxylation is 1. The zero-order valence-electron chi connectivity index (χ0n) is 9.46. The second-order valence-corrected chi connectivity index (χ2v) is 3.57. The maximum Gasteiger partial charge on any atom is 0.194 e. The van der Waals surface area contributed by atoms with E-state index in [4.69, 9.17) is 9.47 Å². The molecule has 0 aliphatic rings. The number of rotatable bonds is 2. The summed E-state index contributed by atoms with van der Waals surface area (Å²) in [6, 6.07) is 5.05. The minimum Gasteiger partial charge on any atom is -0.496 e. The first-order valence-corrected chi connectivity index (χ1v) is 4.91. The van der Waals surface area contributed by atoms with Crippen LogP contribution in [-0.2, 0) is 0 Å². The van der Waals surface area contributed by atoms with Gasteiger partial charge in [0.25, 0.3) is 0 Å². The van der Waals surface area contributed by atoms with E-state index in [1.54, 1.807) is 13.2 Å². The Balaban J connectivity index is 2.80. The molecule has 0 saturated carbocycles. The Labute approximate surface area is 92.8 Å². The molecule has 0 spiro atoms. The van der Waals surface area contributed by atoms with Gasteiger partial charge in [-0.05, 0) is 18.6 Å². The molecule has 84 valence electrons. The van der Waals surface area contributed by atoms with Crippen LogP contribution in [0.4, 0.5) is 0 Å². The monoisotopic (exact) mass is 219 g/mol. The van der Waals surface area contributed by atoms with E-state index < -0.39 is 0 Å². The van der Waals surface area contributed by atoms with Crippen LogP contribution in [0.5, 0.6) is 11.6 Å². The molecule has 0 fully saturated rings. The lowest BCUT2D eigenvalue weighted by Crippen LogP contribution is -2.04. The van der Waals surface area contributed by atoms with E-state index in [0.717, 1.165) is 11.3 Å². The Morgan fingerprint density at radius 2 is 1.88 bits per heavy atom. The van der Waals surface area contributed by atoms with Crippen LogP contribution in [0, 0.1) is 6.92 Å². The molecule has 1 N–H and O–H groups in total. The standard InChI is InChI=1S/C12H13NO3/c1-7-4-8-9(5-11(7)15-2)13-12(16-3)6-10(8)14/h4-6H,1-3H3,(H,13,14). The van der Waals surface area contributed by atoms with Gasteiger partial charge in [-0.2, -0.15) is 0 Å². The van der Waals surface area contributed by atoms with E-state index in [-0.39, 0.29) is 5.43 Å². The number of hydrogen-bond acceptors (Lipinski definition) is 3. The second kappa shape index (κ2) is 3.89. The molecule has 4 heteroatoms. The molecule has 4 nitrogen and oxygen atoms in total. The molecule has 0 unspecified atom stereocenters. The minimum absolute atomic E-state index is 0.0589. The molecule has 0 bridgehead atoms. The number of hydrogen-bond donors (Lipinski definition) is 1. The molecule has 2 rings (SSSR count). The Morgan fingerprint density at radius 1 is 1.12 bits per heavy atom. The average molecular weight is 219 g/mol. The van der Waals surface area contributed by atoms with Crippen LogP contribution in [0.25, 0.3) is 10.9 Å². The lowest BCUT2D eigenvalue weighted by atomic mass is 10.1. The Bertz CT molecular complexity index is 587. The van der Waals surface area contributed by atoms with Crippen molar-refractivity contribution in [3.05, 3.63) is 34.0 Å². The summed E-state index contributed by atoms with van der Waals surface area (Å²) < 4.78 is 10.2. The summed E-state index contributed by atoms with van der Waals surface area (Å²) in [5.41, 5.74) is 1.59. The van der Waals surface area contributed by atoms with Crippen molar-refractivity contribution in [2.45, 2.75) is 6.92 Å². The fraction of sp³-hybridized carbons (Fsp3) is 0.250. The molecule has 0 saturated heterocycles. The smallest absolute Gasteiger partial charge is 0.194 e. The molecular formula is C12H13NO3. The summed E-state index contributed by atoms with van der Waals surface area (Å²) >= 11 is 0. The number of nitrogens with one attached hydrogen (secondary N) is 1. The van der Waals surface area contributed by atoms with Crippen molar-refractivity contribution in [3.8, 4) is 11.6 Å². The van der Waals surface area contributed by atoms with Crippen LogP contribution in [0.1, 0.15) is 5.56 Å². The molecule has 0 amide bonds. The second-order valence-electron chi connectivity index (χ2n) is 3.57. The van der Waals surface area contributed by atoms with Crippen molar-refractivity contribution < 1.29 is 9.47 Å². The number of fused-ring (bicyclic) bond motifs is 1. The summed E-state index contributed by atoms with van der Waals surface area (Å²) in [5.74, 6) is 1.19. The van der Waals surface area contributed by atoms with Crippen molar-refractivity contribution in [3.63, 3.8) is 0 Å². The van der Waals surface area contributed by atoms with Gasteiger partial charge >= 0.3 is 0 Å². The van der Waals surface area contributed by atoms with Gasteiger partial charge in [-0.15, -0.1) is 0 Å². The predicted molar refractivity (Wildman–Crippen MR) is 62.4 cm³/mol. The average Bonchev–Trinajstić information content (AvgIpc) is 2.29. The zero-order chi connectivity index (χ0) is 11.7. The summed E-state index contributed by atoms with van der Waals surface area (Å²) in [7, 11) is 3.12. The molecule has 1 aromatic carbocycles. The van der Waals surface area contributed by atoms with E-state index in [0.29, 0.717) is 16.8 Å². The SMILES string of the molecule is COc1cc(=O)c2cc(C)c(OC)cc2[nH]1. The number of H-pyrrole nitrogens is 1. The minimum atomic E-state index is -0.0589. The van der Waals surface area contributed by atoms with Gasteiger partial charge in [0.15, 0.2) is 11.3 Å². The Kier molecular flexibility index (Phi) is 2.56. The highest BCUT2D eigenvalue weighted by Gasteiger charge is 2.06. The van der Waals surface area contributed by atoms with Gasteiger partial charge in [-0.3, -0.25) is 4.79 Å². The first kappa shape index (κ1) is 10.5. The fourth-order valence-corrected chi connectivity index (χ4v) is 1.69. The van der Waals surface area contributed by atoms with Gasteiger partial charge in [0.2, 0.25) is 0 Å². The van der Waals surface area contributed by atoms with Crippen molar-refractivity contribution in [1.29, 1.82) is 0 Å². The quantitative estimate of drug-likeness (QED) is 0.838. The zero-order valence-corrected chi connectivity index (χ0v) is 9.46. The first-order chi connectivity index (χ1) is 7.65. The Hall–Kier alpha value is -1.97. The van der Waals surface area contributed by atoms with E-state index in [1.807, 2.05) is 13.0 Å². The predicted octanol–water partition coefficient (Wildman–Crippen LogP) is 1.85. The van der Waals surface area contributed by atoms with Gasteiger partial charge in [-0.25, -0.2) is 0 Å². The third-order valence-electron chi connectivity index (χ3n) is 2.54. The molecular weight excluding hydrogens is 206 g/mol. The van der Waals surface area contributed by atoms with Crippen molar-refractivity contribution in [1.82, 2.24) is 4.98 Å². The molecule has 0 aliphatic heterocycles. The Morgan fingerprint density at radius 3 is 2.50 bits per heavy atom. The largest absolute Gasteiger partial charge is 0.496 e. The number of benzene rings is 1. The number of methoxy groups -OCH3 is 2. The van der Waals surface area contributed by atoms with Crippen LogP contribution < -0.4 is 14.9 Å². The highest BCUT2D eigenvalue weighted by molar-refractivity contribution is 5.81. The highest BCUT2D eigenvalue weighted by Crippen LogP contribution is 2.23. The number of aromatic amines is 1. The number of pyridine rings is 1. The molecule has 2 aromatic rings. The lowest BCUT2D eigenvalue weighted by molar-refractivity contribution is 0.398. The summed E-state index contributed by atoms with van der Waals surface area (Å²) in [5, 5.41) is 0.638. The molecule has 16 heavy (non-hydrogen) atoms. The van der Waals surface area contributed by atoms with Gasteiger partial charge in [0.1, 0.15) is 5.75 Å². The molecule has 1 aromatic heterocycles. The molecule has 1 heterocycles. The van der Waals surface area contributed by atoms with Crippen LogP contribution >= 0.6 is 0 Å².